The van der Waals surface area contributed by atoms with Crippen molar-refractivity contribution in [2.45, 2.75) is 10.6 Å². The van der Waals surface area contributed by atoms with E-state index in [4.69, 9.17) is 11.6 Å². The van der Waals surface area contributed by atoms with E-state index in [1.54, 1.807) is 54.6 Å². The molecular weight excluding hydrogens is 328 g/mol. The molecule has 0 radical (unpaired) electrons. The number of rotatable bonds is 6. The van der Waals surface area contributed by atoms with Crippen LogP contribution in [0.25, 0.3) is 0 Å². The smallest absolute Gasteiger partial charge is 0.179 e. The summed E-state index contributed by atoms with van der Waals surface area (Å²) in [6.07, 6.45) is 0. The minimum atomic E-state index is -3.37. The van der Waals surface area contributed by atoms with Gasteiger partial charge in [0.1, 0.15) is 0 Å². The molecular formula is C15H15ClO3S2. The van der Waals surface area contributed by atoms with Gasteiger partial charge in [0, 0.05) is 27.3 Å². The lowest BCUT2D eigenvalue weighted by Gasteiger charge is -2.05. The van der Waals surface area contributed by atoms with E-state index in [1.807, 2.05) is 0 Å². The van der Waals surface area contributed by atoms with Crippen LogP contribution in [0.5, 0.6) is 0 Å². The zero-order chi connectivity index (χ0) is 15.3. The van der Waals surface area contributed by atoms with Crippen molar-refractivity contribution >= 4 is 32.2 Å². The van der Waals surface area contributed by atoms with Crippen molar-refractivity contribution in [3.05, 3.63) is 65.2 Å². The van der Waals surface area contributed by atoms with E-state index in [1.165, 1.54) is 0 Å². The van der Waals surface area contributed by atoms with Crippen molar-refractivity contribution < 1.29 is 12.6 Å². The summed E-state index contributed by atoms with van der Waals surface area (Å²) >= 11 is 5.78. The van der Waals surface area contributed by atoms with Gasteiger partial charge in [0.15, 0.2) is 9.84 Å². The Hall–Kier alpha value is -1.17. The van der Waals surface area contributed by atoms with Crippen LogP contribution in [0.4, 0.5) is 0 Å². The van der Waals surface area contributed by atoms with Gasteiger partial charge >= 0.3 is 0 Å². The second-order valence-electron chi connectivity index (χ2n) is 4.55. The number of hydrogen-bond acceptors (Lipinski definition) is 3. The van der Waals surface area contributed by atoms with E-state index in [0.29, 0.717) is 10.8 Å². The molecule has 2 rings (SSSR count). The first-order valence-electron chi connectivity index (χ1n) is 6.34. The average Bonchev–Trinajstić information content (AvgIpc) is 2.49. The van der Waals surface area contributed by atoms with Crippen LogP contribution in [-0.4, -0.2) is 24.1 Å². The van der Waals surface area contributed by atoms with Gasteiger partial charge in [-0.3, -0.25) is 4.21 Å². The maximum atomic E-state index is 12.1. The van der Waals surface area contributed by atoms with Crippen molar-refractivity contribution in [3.63, 3.8) is 0 Å². The summed E-state index contributed by atoms with van der Waals surface area (Å²) in [5.41, 5.74) is 0.884. The molecule has 0 spiro atoms. The Bertz CT molecular complexity index is 710. The van der Waals surface area contributed by atoms with Gasteiger partial charge in [-0.2, -0.15) is 0 Å². The lowest BCUT2D eigenvalue weighted by atomic mass is 10.2. The maximum Gasteiger partial charge on any atom is 0.179 e. The van der Waals surface area contributed by atoms with Gasteiger partial charge < -0.3 is 0 Å². The summed E-state index contributed by atoms with van der Waals surface area (Å²) in [5.74, 6) is 0.346. The third-order valence-electron chi connectivity index (χ3n) is 2.92. The molecule has 2 aromatic rings. The first kappa shape index (κ1) is 16.2. The predicted molar refractivity (Wildman–Crippen MR) is 86.7 cm³/mol. The fraction of sp³-hybridized carbons (Fsp3) is 0.200. The Morgan fingerprint density at radius 1 is 0.952 bits per heavy atom. The van der Waals surface area contributed by atoms with E-state index in [0.717, 1.165) is 5.56 Å². The summed E-state index contributed by atoms with van der Waals surface area (Å²) in [6.45, 7) is 0. The van der Waals surface area contributed by atoms with E-state index in [2.05, 4.69) is 0 Å². The molecule has 0 saturated carbocycles. The largest absolute Gasteiger partial charge is 0.259 e. The van der Waals surface area contributed by atoms with Gasteiger partial charge in [-0.05, 0) is 29.8 Å². The monoisotopic (exact) mass is 342 g/mol. The zero-order valence-corrected chi connectivity index (χ0v) is 13.6. The van der Waals surface area contributed by atoms with Gasteiger partial charge in [0.2, 0.25) is 0 Å². The first-order valence-corrected chi connectivity index (χ1v) is 9.86. The molecule has 0 bridgehead atoms. The van der Waals surface area contributed by atoms with Gasteiger partial charge in [-0.1, -0.05) is 41.9 Å². The minimum Gasteiger partial charge on any atom is -0.259 e. The van der Waals surface area contributed by atoms with Gasteiger partial charge in [0.25, 0.3) is 0 Å². The summed E-state index contributed by atoms with van der Waals surface area (Å²) in [6, 6.07) is 15.3. The molecule has 0 aliphatic heterocycles. The molecule has 0 aromatic heterocycles. The van der Waals surface area contributed by atoms with Gasteiger partial charge in [-0.25, -0.2) is 8.42 Å². The minimum absolute atomic E-state index is 0.114. The summed E-state index contributed by atoms with van der Waals surface area (Å²) in [4.78, 5) is 0.272. The summed E-state index contributed by atoms with van der Waals surface area (Å²) in [5, 5.41) is 0.621. The Kier molecular flexibility index (Phi) is 5.56. The molecule has 1 atom stereocenters. The number of halogens is 1. The quantitative estimate of drug-likeness (QED) is 0.810. The first-order chi connectivity index (χ1) is 9.97. The topological polar surface area (TPSA) is 51.2 Å². The van der Waals surface area contributed by atoms with E-state index < -0.39 is 20.6 Å². The highest BCUT2D eigenvalue weighted by atomic mass is 35.5. The van der Waals surface area contributed by atoms with Crippen molar-refractivity contribution in [2.75, 3.05) is 11.5 Å². The molecule has 2 aromatic carbocycles. The second kappa shape index (κ2) is 7.20. The third-order valence-corrected chi connectivity index (χ3v) is 6.48. The normalized spacial score (nSPS) is 13.0. The molecule has 0 fully saturated rings. The van der Waals surface area contributed by atoms with E-state index >= 15 is 0 Å². The number of hydrogen-bond donors (Lipinski definition) is 0. The van der Waals surface area contributed by atoms with Crippen LogP contribution in [0.1, 0.15) is 5.56 Å². The van der Waals surface area contributed by atoms with Crippen LogP contribution in [-0.2, 0) is 26.4 Å². The highest BCUT2D eigenvalue weighted by molar-refractivity contribution is 7.93. The maximum absolute atomic E-state index is 12.1. The Labute approximate surface area is 132 Å². The van der Waals surface area contributed by atoms with Crippen molar-refractivity contribution in [2.24, 2.45) is 0 Å². The predicted octanol–water partition coefficient (Wildman–Crippen LogP) is 3.06. The molecule has 0 aliphatic rings. The zero-order valence-electron chi connectivity index (χ0n) is 11.2. The van der Waals surface area contributed by atoms with Gasteiger partial charge in [-0.15, -0.1) is 0 Å². The van der Waals surface area contributed by atoms with Crippen LogP contribution in [0.15, 0.2) is 59.5 Å². The van der Waals surface area contributed by atoms with Crippen molar-refractivity contribution in [1.29, 1.82) is 0 Å². The van der Waals surface area contributed by atoms with Crippen LogP contribution in [0, 0.1) is 0 Å². The molecule has 21 heavy (non-hydrogen) atoms. The Morgan fingerprint density at radius 2 is 1.57 bits per heavy atom. The Balaban J connectivity index is 1.93. The molecule has 112 valence electrons. The molecule has 0 saturated heterocycles. The van der Waals surface area contributed by atoms with E-state index in [9.17, 15) is 12.6 Å². The molecule has 3 nitrogen and oxygen atoms in total. The van der Waals surface area contributed by atoms with Crippen LogP contribution in [0.3, 0.4) is 0 Å². The van der Waals surface area contributed by atoms with E-state index in [-0.39, 0.29) is 16.4 Å². The number of sulfone groups is 1. The highest BCUT2D eigenvalue weighted by Gasteiger charge is 2.15. The lowest BCUT2D eigenvalue weighted by molar-refractivity contribution is 0.597. The van der Waals surface area contributed by atoms with Crippen LogP contribution >= 0.6 is 11.6 Å². The average molecular weight is 343 g/mol. The molecule has 6 heteroatoms. The molecule has 0 amide bonds. The molecule has 0 aliphatic carbocycles. The third kappa shape index (κ3) is 4.95. The molecule has 1 unspecified atom stereocenters. The van der Waals surface area contributed by atoms with Gasteiger partial charge in [0.05, 0.1) is 10.6 Å². The van der Waals surface area contributed by atoms with Crippen molar-refractivity contribution in [1.82, 2.24) is 0 Å². The lowest BCUT2D eigenvalue weighted by Crippen LogP contribution is -2.14. The number of benzene rings is 2. The molecule has 0 N–H and O–H groups in total. The van der Waals surface area contributed by atoms with Crippen molar-refractivity contribution in [3.8, 4) is 0 Å². The summed E-state index contributed by atoms with van der Waals surface area (Å²) in [7, 11) is -4.59. The second-order valence-corrected chi connectivity index (χ2v) is 8.67. The Morgan fingerprint density at radius 3 is 2.19 bits per heavy atom. The summed E-state index contributed by atoms with van der Waals surface area (Å²) < 4.78 is 36.2. The highest BCUT2D eigenvalue weighted by Crippen LogP contribution is 2.13. The fourth-order valence-electron chi connectivity index (χ4n) is 1.79. The standard InChI is InChI=1S/C15H15ClO3S2/c16-14-8-6-13(7-9-14)12-20(17)10-11-21(18,19)15-4-2-1-3-5-15/h1-9H,10-12H2. The van der Waals surface area contributed by atoms with Crippen LogP contribution < -0.4 is 0 Å². The SMILES string of the molecule is O=S(CCS(=O)(=O)c1ccccc1)Cc1ccc(Cl)cc1. The fourth-order valence-corrected chi connectivity index (χ4v) is 5.05. The van der Waals surface area contributed by atoms with Crippen LogP contribution in [0.2, 0.25) is 5.02 Å². The molecule has 0 heterocycles.